The summed E-state index contributed by atoms with van der Waals surface area (Å²) in [6, 6.07) is 17.3. The Morgan fingerprint density at radius 1 is 1.04 bits per heavy atom. The van der Waals surface area contributed by atoms with Crippen LogP contribution in [0.2, 0.25) is 0 Å². The highest BCUT2D eigenvalue weighted by Crippen LogP contribution is 2.16. The molecule has 1 amide bonds. The first-order valence-corrected chi connectivity index (χ1v) is 9.79. The average molecular weight is 386 g/mol. The summed E-state index contributed by atoms with van der Waals surface area (Å²) < 4.78 is 0. The van der Waals surface area contributed by atoms with Crippen LogP contribution in [0, 0.1) is 0 Å². The Hall–Kier alpha value is -2.57. The molecule has 0 spiro atoms. The molecule has 28 heavy (non-hydrogen) atoms. The van der Waals surface area contributed by atoms with E-state index in [-0.39, 0.29) is 0 Å². The van der Waals surface area contributed by atoms with E-state index in [0.29, 0.717) is 19.5 Å². The largest absolute Gasteiger partial charge is 0.465 e. The van der Waals surface area contributed by atoms with Crippen LogP contribution in [0.1, 0.15) is 25.0 Å². The van der Waals surface area contributed by atoms with Crippen molar-refractivity contribution in [2.75, 3.05) is 24.5 Å². The van der Waals surface area contributed by atoms with Crippen molar-refractivity contribution < 1.29 is 15.0 Å². The fourth-order valence-corrected chi connectivity index (χ4v) is 3.27. The lowest BCUT2D eigenvalue weighted by Crippen LogP contribution is -2.48. The van der Waals surface area contributed by atoms with Crippen molar-refractivity contribution in [3.05, 3.63) is 65.7 Å². The Balaban J connectivity index is 1.92. The molecule has 0 radical (unpaired) electrons. The molecule has 4 N–H and O–H groups in total. The molecule has 6 nitrogen and oxygen atoms in total. The molecule has 0 aliphatic rings. The second-order valence-electron chi connectivity index (χ2n) is 6.79. The summed E-state index contributed by atoms with van der Waals surface area (Å²) in [6.45, 7) is 7.08. The molecule has 152 valence electrons. The van der Waals surface area contributed by atoms with E-state index in [4.69, 9.17) is 5.11 Å². The van der Waals surface area contributed by atoms with Crippen molar-refractivity contribution in [2.24, 2.45) is 0 Å². The molecule has 2 aromatic carbocycles. The smallest absolute Gasteiger partial charge is 0.404 e. The summed E-state index contributed by atoms with van der Waals surface area (Å²) in [5.74, 6) is 0. The Labute approximate surface area is 167 Å². The van der Waals surface area contributed by atoms with E-state index < -0.39 is 18.2 Å². The van der Waals surface area contributed by atoms with Crippen molar-refractivity contribution >= 4 is 11.8 Å². The Bertz CT molecular complexity index is 720. The quantitative estimate of drug-likeness (QED) is 0.478. The summed E-state index contributed by atoms with van der Waals surface area (Å²) >= 11 is 0. The molecule has 2 rings (SSSR count). The molecule has 0 aliphatic carbocycles. The van der Waals surface area contributed by atoms with E-state index in [2.05, 4.69) is 41.5 Å². The number of nitrogens with zero attached hydrogens (tertiary/aromatic N) is 1. The number of benzene rings is 2. The van der Waals surface area contributed by atoms with Crippen LogP contribution < -0.4 is 15.5 Å². The molecule has 0 heterocycles. The van der Waals surface area contributed by atoms with Crippen LogP contribution in [0.4, 0.5) is 10.5 Å². The zero-order chi connectivity index (χ0) is 20.4. The second kappa shape index (κ2) is 11.3. The van der Waals surface area contributed by atoms with Gasteiger partial charge in [0.05, 0.1) is 12.1 Å². The monoisotopic (exact) mass is 385 g/mol. The number of anilines is 1. The van der Waals surface area contributed by atoms with Gasteiger partial charge in [0.1, 0.15) is 0 Å². The highest BCUT2D eigenvalue weighted by Gasteiger charge is 2.21. The summed E-state index contributed by atoms with van der Waals surface area (Å²) in [7, 11) is 0. The topological polar surface area (TPSA) is 84.8 Å². The van der Waals surface area contributed by atoms with Crippen molar-refractivity contribution in [1.29, 1.82) is 0 Å². The van der Waals surface area contributed by atoms with Gasteiger partial charge in [-0.15, -0.1) is 0 Å². The van der Waals surface area contributed by atoms with Gasteiger partial charge >= 0.3 is 6.09 Å². The van der Waals surface area contributed by atoms with Gasteiger partial charge in [-0.25, -0.2) is 4.79 Å². The molecular weight excluding hydrogens is 354 g/mol. The van der Waals surface area contributed by atoms with Gasteiger partial charge in [0.15, 0.2) is 0 Å². The lowest BCUT2D eigenvalue weighted by Gasteiger charge is -2.24. The molecule has 0 unspecified atom stereocenters. The number of carboxylic acid groups (broad SMARTS) is 1. The van der Waals surface area contributed by atoms with E-state index in [9.17, 15) is 9.90 Å². The van der Waals surface area contributed by atoms with Gasteiger partial charge in [0.2, 0.25) is 0 Å². The molecular formula is C22H31N3O3. The molecule has 6 heteroatoms. The predicted molar refractivity (Wildman–Crippen MR) is 113 cm³/mol. The minimum Gasteiger partial charge on any atom is -0.465 e. The minimum absolute atomic E-state index is 0.299. The van der Waals surface area contributed by atoms with Crippen molar-refractivity contribution in [1.82, 2.24) is 10.6 Å². The highest BCUT2D eigenvalue weighted by atomic mass is 16.4. The summed E-state index contributed by atoms with van der Waals surface area (Å²) in [6.07, 6.45) is -1.53. The van der Waals surface area contributed by atoms with Crippen LogP contribution in [-0.2, 0) is 13.0 Å². The van der Waals surface area contributed by atoms with Crippen LogP contribution in [0.3, 0.4) is 0 Å². The van der Waals surface area contributed by atoms with Gasteiger partial charge in [-0.1, -0.05) is 42.5 Å². The fraction of sp³-hybridized carbons (Fsp3) is 0.409. The first kappa shape index (κ1) is 21.7. The lowest BCUT2D eigenvalue weighted by molar-refractivity contribution is 0.117. The number of hydrogen-bond acceptors (Lipinski definition) is 4. The Morgan fingerprint density at radius 3 is 2.36 bits per heavy atom. The first-order chi connectivity index (χ1) is 13.5. The molecule has 0 aromatic heterocycles. The zero-order valence-electron chi connectivity index (χ0n) is 16.6. The number of carbonyl (C=O) groups is 1. The standard InChI is InChI=1S/C22H31N3O3/c1-3-25(4-2)19-12-8-11-18(13-19)15-23-16-21(26)20(24-22(27)28)14-17-9-6-5-7-10-17/h5-13,20-21,23-24,26H,3-4,14-16H2,1-2H3,(H,27,28)/t20-,21+/m0/s1. The zero-order valence-corrected chi connectivity index (χ0v) is 16.6. The third kappa shape index (κ3) is 6.87. The van der Waals surface area contributed by atoms with Crippen molar-refractivity contribution in [2.45, 2.75) is 39.0 Å². The SMILES string of the molecule is CCN(CC)c1cccc(CNC[C@@H](O)[C@H](Cc2ccccc2)NC(=O)O)c1. The molecule has 2 atom stereocenters. The average Bonchev–Trinajstić information content (AvgIpc) is 2.69. The number of nitrogens with one attached hydrogen (secondary N) is 2. The third-order valence-electron chi connectivity index (χ3n) is 4.79. The van der Waals surface area contributed by atoms with Crippen molar-refractivity contribution in [3.8, 4) is 0 Å². The second-order valence-corrected chi connectivity index (χ2v) is 6.79. The third-order valence-corrected chi connectivity index (χ3v) is 4.79. The molecule has 0 aliphatic heterocycles. The fourth-order valence-electron chi connectivity index (χ4n) is 3.27. The van der Waals surface area contributed by atoms with Gasteiger partial charge in [-0.3, -0.25) is 0 Å². The number of amides is 1. The van der Waals surface area contributed by atoms with Crippen LogP contribution in [0.25, 0.3) is 0 Å². The van der Waals surface area contributed by atoms with Gasteiger partial charge in [0.25, 0.3) is 0 Å². The molecule has 0 bridgehead atoms. The van der Waals surface area contributed by atoms with Crippen LogP contribution in [-0.4, -0.2) is 48.1 Å². The maximum atomic E-state index is 11.1. The molecule has 0 saturated heterocycles. The van der Waals surface area contributed by atoms with Crippen LogP contribution >= 0.6 is 0 Å². The van der Waals surface area contributed by atoms with Gasteiger partial charge in [-0.2, -0.15) is 0 Å². The van der Waals surface area contributed by atoms with E-state index in [0.717, 1.165) is 24.2 Å². The van der Waals surface area contributed by atoms with Gasteiger partial charge < -0.3 is 25.7 Å². The van der Waals surface area contributed by atoms with E-state index in [1.165, 1.54) is 5.69 Å². The molecule has 0 saturated carbocycles. The number of rotatable bonds is 11. The number of hydrogen-bond donors (Lipinski definition) is 4. The summed E-state index contributed by atoms with van der Waals surface area (Å²) in [5.41, 5.74) is 3.29. The summed E-state index contributed by atoms with van der Waals surface area (Å²) in [4.78, 5) is 13.4. The maximum absolute atomic E-state index is 11.1. The van der Waals surface area contributed by atoms with E-state index in [1.54, 1.807) is 0 Å². The van der Waals surface area contributed by atoms with Gasteiger partial charge in [0, 0.05) is 31.9 Å². The number of aliphatic hydroxyl groups is 1. The van der Waals surface area contributed by atoms with Gasteiger partial charge in [-0.05, 0) is 43.5 Å². The lowest BCUT2D eigenvalue weighted by atomic mass is 10.0. The maximum Gasteiger partial charge on any atom is 0.404 e. The van der Waals surface area contributed by atoms with Crippen LogP contribution in [0.5, 0.6) is 0 Å². The highest BCUT2D eigenvalue weighted by molar-refractivity contribution is 5.65. The Kier molecular flexibility index (Phi) is 8.78. The minimum atomic E-state index is -1.13. The van der Waals surface area contributed by atoms with E-state index >= 15 is 0 Å². The first-order valence-electron chi connectivity index (χ1n) is 9.79. The Morgan fingerprint density at radius 2 is 1.71 bits per heavy atom. The van der Waals surface area contributed by atoms with Crippen LogP contribution in [0.15, 0.2) is 54.6 Å². The normalized spacial score (nSPS) is 13.0. The molecule has 2 aromatic rings. The van der Waals surface area contributed by atoms with E-state index in [1.807, 2.05) is 42.5 Å². The number of aliphatic hydroxyl groups excluding tert-OH is 1. The molecule has 0 fully saturated rings. The van der Waals surface area contributed by atoms with Crippen molar-refractivity contribution in [3.63, 3.8) is 0 Å². The predicted octanol–water partition coefficient (Wildman–Crippen LogP) is 2.86. The summed E-state index contributed by atoms with van der Waals surface area (Å²) in [5, 5.41) is 25.3.